The smallest absolute Gasteiger partial charge is 0.222 e. The quantitative estimate of drug-likeness (QED) is 0.749. The Kier molecular flexibility index (Phi) is 5.88. The van der Waals surface area contributed by atoms with Gasteiger partial charge in [-0.1, -0.05) is 30.3 Å². The van der Waals surface area contributed by atoms with Crippen molar-refractivity contribution in [2.24, 2.45) is 0 Å². The molecule has 2 aromatic rings. The number of piperazine rings is 1. The van der Waals surface area contributed by atoms with Gasteiger partial charge in [0.1, 0.15) is 5.82 Å². The van der Waals surface area contributed by atoms with E-state index in [0.29, 0.717) is 43.6 Å². The number of fused-ring (bicyclic) bond motifs is 1. The Morgan fingerprint density at radius 1 is 1.03 bits per heavy atom. The number of carbonyl (C=O) groups is 1. The summed E-state index contributed by atoms with van der Waals surface area (Å²) in [5.74, 6) is 0.177. The zero-order valence-electron chi connectivity index (χ0n) is 16.5. The third-order valence-corrected chi connectivity index (χ3v) is 8.48. The largest absolute Gasteiger partial charge is 0.340 e. The van der Waals surface area contributed by atoms with Crippen LogP contribution in [0.5, 0.6) is 0 Å². The SMILES string of the molecule is O=C(CCc1ccc(F)c2ccccc12)N1CCN(CC2CCCS2(=O)=O)CC1. The Morgan fingerprint density at radius 3 is 2.45 bits per heavy atom. The van der Waals surface area contributed by atoms with Crippen molar-refractivity contribution in [2.45, 2.75) is 30.9 Å². The van der Waals surface area contributed by atoms with Crippen molar-refractivity contribution in [3.8, 4) is 0 Å². The van der Waals surface area contributed by atoms with E-state index in [1.165, 1.54) is 6.07 Å². The number of nitrogens with zero attached hydrogens (tertiary/aromatic N) is 2. The molecule has 2 aliphatic heterocycles. The molecule has 2 aromatic carbocycles. The number of hydrogen-bond donors (Lipinski definition) is 0. The van der Waals surface area contributed by atoms with Crippen molar-refractivity contribution in [2.75, 3.05) is 38.5 Å². The normalized spacial score (nSPS) is 22.2. The number of benzene rings is 2. The highest BCUT2D eigenvalue weighted by Crippen LogP contribution is 2.24. The molecule has 2 saturated heterocycles. The number of amides is 1. The van der Waals surface area contributed by atoms with E-state index in [-0.39, 0.29) is 17.0 Å². The lowest BCUT2D eigenvalue weighted by Crippen LogP contribution is -2.50. The van der Waals surface area contributed by atoms with E-state index in [4.69, 9.17) is 0 Å². The lowest BCUT2D eigenvalue weighted by molar-refractivity contribution is -0.132. The van der Waals surface area contributed by atoms with Gasteiger partial charge in [-0.05, 0) is 36.3 Å². The van der Waals surface area contributed by atoms with Crippen molar-refractivity contribution < 1.29 is 17.6 Å². The van der Waals surface area contributed by atoms with Gasteiger partial charge in [0, 0.05) is 44.5 Å². The molecule has 5 nitrogen and oxygen atoms in total. The third kappa shape index (κ3) is 4.46. The molecule has 0 spiro atoms. The summed E-state index contributed by atoms with van der Waals surface area (Å²) in [7, 11) is -2.93. The van der Waals surface area contributed by atoms with Gasteiger partial charge in [-0.15, -0.1) is 0 Å². The molecule has 1 atom stereocenters. The average molecular weight is 419 g/mol. The first-order valence-corrected chi connectivity index (χ1v) is 12.0. The average Bonchev–Trinajstić information content (AvgIpc) is 3.06. The zero-order chi connectivity index (χ0) is 20.4. The van der Waals surface area contributed by atoms with Crippen molar-refractivity contribution in [3.63, 3.8) is 0 Å². The van der Waals surface area contributed by atoms with Crippen LogP contribution in [-0.4, -0.2) is 67.9 Å². The summed E-state index contributed by atoms with van der Waals surface area (Å²) in [6, 6.07) is 10.6. The maximum absolute atomic E-state index is 14.0. The summed E-state index contributed by atoms with van der Waals surface area (Å²) in [5.41, 5.74) is 0.987. The summed E-state index contributed by atoms with van der Waals surface area (Å²) in [5, 5.41) is 1.22. The highest BCUT2D eigenvalue weighted by atomic mass is 32.2. The van der Waals surface area contributed by atoms with Gasteiger partial charge < -0.3 is 4.90 Å². The monoisotopic (exact) mass is 418 g/mol. The fourth-order valence-electron chi connectivity index (χ4n) is 4.47. The molecular formula is C22H27FN2O3S. The number of rotatable bonds is 5. The van der Waals surface area contributed by atoms with Gasteiger partial charge in [0.15, 0.2) is 9.84 Å². The van der Waals surface area contributed by atoms with Crippen LogP contribution < -0.4 is 0 Å². The summed E-state index contributed by atoms with van der Waals surface area (Å²) in [6.45, 7) is 3.30. The van der Waals surface area contributed by atoms with E-state index in [9.17, 15) is 17.6 Å². The molecule has 156 valence electrons. The molecule has 4 rings (SSSR count). The van der Waals surface area contributed by atoms with Crippen molar-refractivity contribution >= 4 is 26.5 Å². The molecule has 29 heavy (non-hydrogen) atoms. The highest BCUT2D eigenvalue weighted by molar-refractivity contribution is 7.92. The highest BCUT2D eigenvalue weighted by Gasteiger charge is 2.33. The minimum Gasteiger partial charge on any atom is -0.340 e. The van der Waals surface area contributed by atoms with Crippen LogP contribution in [0.1, 0.15) is 24.8 Å². The Balaban J connectivity index is 1.30. The molecule has 2 heterocycles. The molecule has 0 N–H and O–H groups in total. The first-order chi connectivity index (χ1) is 13.9. The van der Waals surface area contributed by atoms with Gasteiger partial charge in [0.2, 0.25) is 5.91 Å². The van der Waals surface area contributed by atoms with Crippen molar-refractivity contribution in [1.29, 1.82) is 0 Å². The molecule has 2 fully saturated rings. The van der Waals surface area contributed by atoms with Gasteiger partial charge in [-0.3, -0.25) is 9.69 Å². The second kappa shape index (κ2) is 8.40. The zero-order valence-corrected chi connectivity index (χ0v) is 17.3. The maximum atomic E-state index is 14.0. The second-order valence-corrected chi connectivity index (χ2v) is 10.5. The van der Waals surface area contributed by atoms with Crippen LogP contribution in [0.15, 0.2) is 36.4 Å². The fourth-order valence-corrected chi connectivity index (χ4v) is 6.34. The second-order valence-electron chi connectivity index (χ2n) is 8.06. The van der Waals surface area contributed by atoms with E-state index in [1.807, 2.05) is 23.1 Å². The minimum atomic E-state index is -2.93. The molecule has 0 bridgehead atoms. The first-order valence-electron chi connectivity index (χ1n) is 10.3. The molecule has 2 aliphatic rings. The summed E-state index contributed by atoms with van der Waals surface area (Å²) >= 11 is 0. The van der Waals surface area contributed by atoms with Gasteiger partial charge in [-0.25, -0.2) is 12.8 Å². The van der Waals surface area contributed by atoms with E-state index in [2.05, 4.69) is 4.90 Å². The molecule has 7 heteroatoms. The number of carbonyl (C=O) groups excluding carboxylic acids is 1. The van der Waals surface area contributed by atoms with Crippen molar-refractivity contribution in [3.05, 3.63) is 47.8 Å². The predicted octanol–water partition coefficient (Wildman–Crippen LogP) is 2.63. The molecular weight excluding hydrogens is 391 g/mol. The van der Waals surface area contributed by atoms with Gasteiger partial charge in [0.25, 0.3) is 0 Å². The summed E-state index contributed by atoms with van der Waals surface area (Å²) in [4.78, 5) is 16.7. The lowest BCUT2D eigenvalue weighted by Gasteiger charge is -2.35. The van der Waals surface area contributed by atoms with Crippen LogP contribution in [0.4, 0.5) is 4.39 Å². The van der Waals surface area contributed by atoms with Crippen LogP contribution in [0.25, 0.3) is 10.8 Å². The van der Waals surface area contributed by atoms with E-state index in [1.54, 1.807) is 12.1 Å². The number of hydrogen-bond acceptors (Lipinski definition) is 4. The van der Waals surface area contributed by atoms with Gasteiger partial charge >= 0.3 is 0 Å². The van der Waals surface area contributed by atoms with E-state index in [0.717, 1.165) is 36.9 Å². The van der Waals surface area contributed by atoms with Gasteiger partial charge in [0.05, 0.1) is 11.0 Å². The van der Waals surface area contributed by atoms with Crippen LogP contribution in [-0.2, 0) is 21.1 Å². The summed E-state index contributed by atoms with van der Waals surface area (Å²) in [6.07, 6.45) is 2.50. The van der Waals surface area contributed by atoms with Crippen LogP contribution in [0.2, 0.25) is 0 Å². The molecule has 1 unspecified atom stereocenters. The molecule has 0 saturated carbocycles. The lowest BCUT2D eigenvalue weighted by atomic mass is 10.00. The topological polar surface area (TPSA) is 57.7 Å². The Hall–Kier alpha value is -1.99. The third-order valence-electron chi connectivity index (χ3n) is 6.22. The maximum Gasteiger partial charge on any atom is 0.222 e. The predicted molar refractivity (Wildman–Crippen MR) is 112 cm³/mol. The van der Waals surface area contributed by atoms with Crippen LogP contribution in [0.3, 0.4) is 0 Å². The van der Waals surface area contributed by atoms with Crippen LogP contribution in [0, 0.1) is 5.82 Å². The van der Waals surface area contributed by atoms with Crippen molar-refractivity contribution in [1.82, 2.24) is 9.80 Å². The fraction of sp³-hybridized carbons (Fsp3) is 0.500. The number of aryl methyl sites for hydroxylation is 1. The van der Waals surface area contributed by atoms with E-state index >= 15 is 0 Å². The molecule has 0 aliphatic carbocycles. The Labute approximate surface area is 171 Å². The molecule has 1 amide bonds. The minimum absolute atomic E-state index is 0.103. The summed E-state index contributed by atoms with van der Waals surface area (Å²) < 4.78 is 38.0. The Bertz CT molecular complexity index is 1000. The Morgan fingerprint density at radius 2 is 1.76 bits per heavy atom. The van der Waals surface area contributed by atoms with E-state index < -0.39 is 9.84 Å². The van der Waals surface area contributed by atoms with Crippen LogP contribution >= 0.6 is 0 Å². The first kappa shape index (κ1) is 20.3. The van der Waals surface area contributed by atoms with Gasteiger partial charge in [-0.2, -0.15) is 0 Å². The molecule has 0 aromatic heterocycles. The molecule has 0 radical (unpaired) electrons. The number of halogens is 1. The standard InChI is InChI=1S/C22H27FN2O3S/c23-21-9-7-17(19-5-1-2-6-20(19)21)8-10-22(26)25-13-11-24(12-14-25)16-18-4-3-15-29(18,27)28/h1-2,5-7,9,18H,3-4,8,10-16H2. The number of sulfone groups is 1.